The van der Waals surface area contributed by atoms with Gasteiger partial charge in [0.25, 0.3) is 5.56 Å². The maximum absolute atomic E-state index is 11.5. The summed E-state index contributed by atoms with van der Waals surface area (Å²) in [4.78, 5) is 40.1. The molecular formula is C13H13N3O4S. The van der Waals surface area contributed by atoms with E-state index >= 15 is 0 Å². The Labute approximate surface area is 123 Å². The highest BCUT2D eigenvalue weighted by atomic mass is 32.2. The molecule has 0 aliphatic heterocycles. The first-order valence-corrected chi connectivity index (χ1v) is 7.10. The van der Waals surface area contributed by atoms with Gasteiger partial charge in [-0.2, -0.15) is 4.98 Å². The van der Waals surface area contributed by atoms with Gasteiger partial charge in [0.2, 0.25) is 0 Å². The Balaban J connectivity index is 2.17. The Morgan fingerprint density at radius 3 is 2.86 bits per heavy atom. The summed E-state index contributed by atoms with van der Waals surface area (Å²) >= 11 is 1.14. The molecule has 0 bridgehead atoms. The normalized spacial score (nSPS) is 10.5. The van der Waals surface area contributed by atoms with E-state index in [9.17, 15) is 14.4 Å². The third-order valence-electron chi connectivity index (χ3n) is 2.77. The molecule has 8 heteroatoms. The lowest BCUT2D eigenvalue weighted by Crippen LogP contribution is -2.20. The molecule has 2 N–H and O–H groups in total. The van der Waals surface area contributed by atoms with E-state index in [4.69, 9.17) is 5.11 Å². The molecule has 2 rings (SSSR count). The van der Waals surface area contributed by atoms with E-state index in [1.165, 1.54) is 17.6 Å². The molecule has 7 nitrogen and oxygen atoms in total. The zero-order valence-electron chi connectivity index (χ0n) is 11.2. The lowest BCUT2D eigenvalue weighted by molar-refractivity contribution is 0.0690. The minimum Gasteiger partial charge on any atom is -0.478 e. The number of aromatic nitrogens is 3. The maximum Gasteiger partial charge on any atom is 0.346 e. The zero-order chi connectivity index (χ0) is 15.4. The van der Waals surface area contributed by atoms with Gasteiger partial charge in [0.15, 0.2) is 0 Å². The van der Waals surface area contributed by atoms with Crippen LogP contribution in [0, 0.1) is 6.92 Å². The molecule has 0 saturated carbocycles. The molecule has 0 radical (unpaired) electrons. The summed E-state index contributed by atoms with van der Waals surface area (Å²) in [5.74, 6) is -0.712. The van der Waals surface area contributed by atoms with Crippen LogP contribution in [-0.4, -0.2) is 31.4 Å². The number of nitrogens with one attached hydrogen (secondary N) is 1. The number of thioether (sulfide) groups is 1. The van der Waals surface area contributed by atoms with Crippen LogP contribution in [0.25, 0.3) is 0 Å². The zero-order valence-corrected chi connectivity index (χ0v) is 12.0. The average molecular weight is 307 g/mol. The van der Waals surface area contributed by atoms with Crippen molar-refractivity contribution in [3.63, 3.8) is 0 Å². The molecule has 0 unspecified atom stereocenters. The van der Waals surface area contributed by atoms with Gasteiger partial charge < -0.3 is 14.7 Å². The van der Waals surface area contributed by atoms with E-state index in [0.29, 0.717) is 12.3 Å². The highest BCUT2D eigenvalue weighted by molar-refractivity contribution is 7.99. The van der Waals surface area contributed by atoms with Crippen molar-refractivity contribution in [3.05, 3.63) is 56.5 Å². The second-order valence-electron chi connectivity index (χ2n) is 4.23. The molecule has 0 fully saturated rings. The van der Waals surface area contributed by atoms with E-state index < -0.39 is 11.7 Å². The third kappa shape index (κ3) is 3.60. The smallest absolute Gasteiger partial charge is 0.346 e. The predicted octanol–water partition coefficient (Wildman–Crippen LogP) is 0.731. The summed E-state index contributed by atoms with van der Waals surface area (Å²) in [5, 5.41) is 9.33. The molecule has 0 atom stereocenters. The molecular weight excluding hydrogens is 294 g/mol. The number of rotatable bonds is 5. The number of carboxylic acids is 1. The van der Waals surface area contributed by atoms with Crippen molar-refractivity contribution in [2.24, 2.45) is 0 Å². The van der Waals surface area contributed by atoms with E-state index in [0.717, 1.165) is 11.8 Å². The molecule has 2 heterocycles. The van der Waals surface area contributed by atoms with Crippen LogP contribution in [0.3, 0.4) is 0 Å². The summed E-state index contributed by atoms with van der Waals surface area (Å²) in [6.07, 6.45) is 1.65. The Bertz CT molecular complexity index is 781. The number of carboxylic acid groups (broad SMARTS) is 1. The summed E-state index contributed by atoms with van der Waals surface area (Å²) in [6.45, 7) is 1.91. The summed E-state index contributed by atoms with van der Waals surface area (Å²) in [5.41, 5.74) is -0.467. The average Bonchev–Trinajstić information content (AvgIpc) is 2.39. The second kappa shape index (κ2) is 6.40. The van der Waals surface area contributed by atoms with Crippen LogP contribution in [-0.2, 0) is 6.54 Å². The van der Waals surface area contributed by atoms with E-state index in [2.05, 4.69) is 9.97 Å². The van der Waals surface area contributed by atoms with Crippen LogP contribution < -0.4 is 11.2 Å². The van der Waals surface area contributed by atoms with Crippen molar-refractivity contribution in [1.29, 1.82) is 0 Å². The number of aromatic carboxylic acids is 1. The molecule has 21 heavy (non-hydrogen) atoms. The van der Waals surface area contributed by atoms with Gasteiger partial charge >= 0.3 is 11.7 Å². The van der Waals surface area contributed by atoms with Gasteiger partial charge in [0.05, 0.1) is 0 Å². The molecule has 0 aliphatic carbocycles. The van der Waals surface area contributed by atoms with Gasteiger partial charge in [-0.1, -0.05) is 6.07 Å². The van der Waals surface area contributed by atoms with Gasteiger partial charge in [0.1, 0.15) is 10.6 Å². The number of aromatic amines is 1. The fourth-order valence-electron chi connectivity index (χ4n) is 1.80. The minimum atomic E-state index is -1.14. The standard InChI is InChI=1S/C13H13N3O4S/c1-8-10(12(18)19)11(15-13(20)14-8)21-7-6-16-5-3-2-4-9(16)17/h2-5H,6-7H2,1H3,(H,18,19)(H,14,15,20). The number of H-pyrrole nitrogens is 1. The van der Waals surface area contributed by atoms with Gasteiger partial charge in [-0.05, 0) is 13.0 Å². The minimum absolute atomic E-state index is 0.0139. The van der Waals surface area contributed by atoms with Crippen molar-refractivity contribution in [2.75, 3.05) is 5.75 Å². The van der Waals surface area contributed by atoms with Crippen LogP contribution in [0.4, 0.5) is 0 Å². The predicted molar refractivity (Wildman–Crippen MR) is 78.0 cm³/mol. The van der Waals surface area contributed by atoms with Crippen molar-refractivity contribution < 1.29 is 9.90 Å². The van der Waals surface area contributed by atoms with Gasteiger partial charge in [-0.3, -0.25) is 4.79 Å². The van der Waals surface area contributed by atoms with Crippen molar-refractivity contribution in [3.8, 4) is 0 Å². The van der Waals surface area contributed by atoms with Gasteiger partial charge in [-0.25, -0.2) is 9.59 Å². The molecule has 2 aromatic rings. The second-order valence-corrected chi connectivity index (χ2v) is 5.32. The van der Waals surface area contributed by atoms with Crippen molar-refractivity contribution in [1.82, 2.24) is 14.5 Å². The molecule has 0 aromatic carbocycles. The van der Waals surface area contributed by atoms with Crippen LogP contribution in [0.15, 0.2) is 39.0 Å². The van der Waals surface area contributed by atoms with Crippen LogP contribution in [0.5, 0.6) is 0 Å². The molecule has 0 spiro atoms. The number of pyridine rings is 1. The Morgan fingerprint density at radius 2 is 2.19 bits per heavy atom. The summed E-state index contributed by atoms with van der Waals surface area (Å²) < 4.78 is 1.51. The van der Waals surface area contributed by atoms with Gasteiger partial charge in [0, 0.05) is 30.3 Å². The largest absolute Gasteiger partial charge is 0.478 e. The first kappa shape index (κ1) is 15.0. The van der Waals surface area contributed by atoms with E-state index in [1.807, 2.05) is 0 Å². The fourth-order valence-corrected chi connectivity index (χ4v) is 2.82. The fraction of sp³-hybridized carbons (Fsp3) is 0.231. The summed E-state index contributed by atoms with van der Waals surface area (Å²) in [7, 11) is 0. The Hall–Kier alpha value is -2.35. The lowest BCUT2D eigenvalue weighted by Gasteiger charge is -2.08. The van der Waals surface area contributed by atoms with Crippen LogP contribution >= 0.6 is 11.8 Å². The molecule has 110 valence electrons. The first-order valence-electron chi connectivity index (χ1n) is 6.11. The first-order chi connectivity index (χ1) is 9.99. The highest BCUT2D eigenvalue weighted by Crippen LogP contribution is 2.20. The molecule has 0 saturated heterocycles. The van der Waals surface area contributed by atoms with E-state index in [1.54, 1.807) is 18.3 Å². The molecule has 0 aliphatic rings. The van der Waals surface area contributed by atoms with Crippen LogP contribution in [0.1, 0.15) is 16.1 Å². The quantitative estimate of drug-likeness (QED) is 0.623. The Morgan fingerprint density at radius 1 is 1.43 bits per heavy atom. The number of hydrogen-bond donors (Lipinski definition) is 2. The van der Waals surface area contributed by atoms with E-state index in [-0.39, 0.29) is 21.8 Å². The SMILES string of the molecule is Cc1[nH]c(=O)nc(SCCn2ccccc2=O)c1C(=O)O. The van der Waals surface area contributed by atoms with Gasteiger partial charge in [-0.15, -0.1) is 11.8 Å². The van der Waals surface area contributed by atoms with Crippen LogP contribution in [0.2, 0.25) is 0 Å². The third-order valence-corrected chi connectivity index (χ3v) is 3.73. The van der Waals surface area contributed by atoms with Crippen molar-refractivity contribution >= 4 is 17.7 Å². The number of aryl methyl sites for hydroxylation is 2. The number of hydrogen-bond acceptors (Lipinski definition) is 5. The topological polar surface area (TPSA) is 105 Å². The molecule has 2 aromatic heterocycles. The molecule has 0 amide bonds. The van der Waals surface area contributed by atoms with Crippen molar-refractivity contribution in [2.45, 2.75) is 18.5 Å². The number of carbonyl (C=O) groups is 1. The lowest BCUT2D eigenvalue weighted by atomic mass is 10.2. The number of nitrogens with zero attached hydrogens (tertiary/aromatic N) is 2. The maximum atomic E-state index is 11.5. The highest BCUT2D eigenvalue weighted by Gasteiger charge is 2.16. The Kier molecular flexibility index (Phi) is 4.59. The monoisotopic (exact) mass is 307 g/mol. The summed E-state index contributed by atoms with van der Waals surface area (Å²) in [6, 6.07) is 4.84.